The van der Waals surface area contributed by atoms with E-state index in [0.29, 0.717) is 29.5 Å². The van der Waals surface area contributed by atoms with E-state index in [1.165, 1.54) is 11.1 Å². The number of hydrogen-bond donors (Lipinski definition) is 2. The Morgan fingerprint density at radius 3 is 2.78 bits per heavy atom. The summed E-state index contributed by atoms with van der Waals surface area (Å²) in [7, 11) is 0. The zero-order valence-corrected chi connectivity index (χ0v) is 18.8. The van der Waals surface area contributed by atoms with Crippen molar-refractivity contribution in [2.75, 3.05) is 11.9 Å². The highest BCUT2D eigenvalue weighted by molar-refractivity contribution is 5.76. The largest absolute Gasteiger partial charge is 0.427 e. The molecule has 0 atom stereocenters. The minimum absolute atomic E-state index is 0.175. The zero-order chi connectivity index (χ0) is 22.5. The van der Waals surface area contributed by atoms with Crippen molar-refractivity contribution in [2.45, 2.75) is 52.6 Å². The van der Waals surface area contributed by atoms with Crippen LogP contribution in [0, 0.1) is 0 Å². The summed E-state index contributed by atoms with van der Waals surface area (Å²) in [6.07, 6.45) is 4.25. The molecule has 0 saturated heterocycles. The maximum atomic E-state index is 13.0. The predicted octanol–water partition coefficient (Wildman–Crippen LogP) is 3.28. The van der Waals surface area contributed by atoms with Gasteiger partial charge in [-0.15, -0.1) is 0 Å². The monoisotopic (exact) mass is 433 g/mol. The van der Waals surface area contributed by atoms with Gasteiger partial charge in [0.15, 0.2) is 5.65 Å². The Kier molecular flexibility index (Phi) is 4.85. The third-order valence-electron chi connectivity index (χ3n) is 5.74. The van der Waals surface area contributed by atoms with Crippen LogP contribution in [0.15, 0.2) is 39.8 Å². The molecule has 0 aliphatic carbocycles. The second kappa shape index (κ2) is 7.59. The summed E-state index contributed by atoms with van der Waals surface area (Å²) in [5, 5.41) is 7.08. The number of hydrogen-bond acceptors (Lipinski definition) is 7. The fraction of sp³-hybridized carbons (Fsp3) is 0.391. The minimum atomic E-state index is -0.199. The summed E-state index contributed by atoms with van der Waals surface area (Å²) in [6.45, 7) is 10.4. The van der Waals surface area contributed by atoms with Crippen molar-refractivity contribution in [2.24, 2.45) is 0 Å². The normalized spacial score (nSPS) is 14.0. The number of anilines is 2. The average molecular weight is 434 g/mol. The van der Waals surface area contributed by atoms with Crippen LogP contribution in [0.2, 0.25) is 0 Å². The molecule has 1 aliphatic rings. The van der Waals surface area contributed by atoms with E-state index in [1.807, 2.05) is 13.0 Å². The second-order valence-corrected chi connectivity index (χ2v) is 9.06. The third-order valence-corrected chi connectivity index (χ3v) is 5.74. The number of oxazole rings is 1. The van der Waals surface area contributed by atoms with E-state index in [4.69, 9.17) is 4.42 Å². The highest BCUT2D eigenvalue weighted by Gasteiger charge is 2.24. The smallest absolute Gasteiger partial charge is 0.323 e. The maximum absolute atomic E-state index is 13.0. The average Bonchev–Trinajstić information content (AvgIpc) is 3.36. The zero-order valence-electron chi connectivity index (χ0n) is 18.8. The lowest BCUT2D eigenvalue weighted by Gasteiger charge is -2.18. The molecule has 0 bridgehead atoms. The molecule has 9 heteroatoms. The topological polar surface area (TPSA) is 103 Å². The fourth-order valence-electron chi connectivity index (χ4n) is 3.96. The van der Waals surface area contributed by atoms with Gasteiger partial charge in [-0.3, -0.25) is 4.79 Å². The van der Waals surface area contributed by atoms with Gasteiger partial charge in [-0.1, -0.05) is 26.8 Å². The quantitative estimate of drug-likeness (QED) is 0.509. The highest BCUT2D eigenvalue weighted by atomic mass is 16.4. The van der Waals surface area contributed by atoms with Crippen LogP contribution in [-0.2, 0) is 24.9 Å². The Balaban J connectivity index is 1.58. The molecule has 5 rings (SSSR count). The molecule has 32 heavy (non-hydrogen) atoms. The first kappa shape index (κ1) is 20.4. The lowest BCUT2D eigenvalue weighted by molar-refractivity contribution is 0.380. The van der Waals surface area contributed by atoms with Crippen LogP contribution in [-0.4, -0.2) is 30.9 Å². The minimum Gasteiger partial charge on any atom is -0.427 e. The van der Waals surface area contributed by atoms with Crippen LogP contribution in [0.25, 0.3) is 17.0 Å². The summed E-state index contributed by atoms with van der Waals surface area (Å²) in [5.41, 5.74) is 3.63. The number of nitrogens with zero attached hydrogens (tertiary/aromatic N) is 5. The van der Waals surface area contributed by atoms with E-state index in [0.717, 1.165) is 31.0 Å². The van der Waals surface area contributed by atoms with Gasteiger partial charge in [0.05, 0.1) is 6.20 Å². The molecule has 1 aromatic carbocycles. The molecule has 2 N–H and O–H groups in total. The fourth-order valence-corrected chi connectivity index (χ4v) is 3.96. The third kappa shape index (κ3) is 3.48. The predicted molar refractivity (Wildman–Crippen MR) is 123 cm³/mol. The number of rotatable bonds is 4. The molecule has 0 fully saturated rings. The number of aromatic nitrogens is 5. The van der Waals surface area contributed by atoms with Crippen LogP contribution < -0.4 is 16.2 Å². The first-order valence-corrected chi connectivity index (χ1v) is 10.9. The first-order valence-electron chi connectivity index (χ1n) is 10.9. The van der Waals surface area contributed by atoms with Gasteiger partial charge < -0.3 is 15.1 Å². The summed E-state index contributed by atoms with van der Waals surface area (Å²) in [5.74, 6) is 1.15. The number of nitrogens with one attached hydrogen (secondary N) is 2. The SMILES string of the molecule is CCn1c(=O)c2cnc(Nc3ccc4c(c3)CCNC4)nc2n1-c1ncc(C(C)(C)C)o1. The molecule has 0 amide bonds. The van der Waals surface area contributed by atoms with Gasteiger partial charge in [-0.2, -0.15) is 14.6 Å². The van der Waals surface area contributed by atoms with E-state index in [1.54, 1.807) is 21.8 Å². The summed E-state index contributed by atoms with van der Waals surface area (Å²) in [4.78, 5) is 26.4. The summed E-state index contributed by atoms with van der Waals surface area (Å²) in [6, 6.07) is 6.59. The van der Waals surface area contributed by atoms with E-state index < -0.39 is 0 Å². The van der Waals surface area contributed by atoms with Crippen molar-refractivity contribution in [3.05, 3.63) is 57.8 Å². The van der Waals surface area contributed by atoms with Crippen molar-refractivity contribution >= 4 is 22.7 Å². The van der Waals surface area contributed by atoms with E-state index in [2.05, 4.69) is 58.5 Å². The van der Waals surface area contributed by atoms with Crippen LogP contribution in [0.3, 0.4) is 0 Å². The molecule has 4 aromatic rings. The molecule has 166 valence electrons. The second-order valence-electron chi connectivity index (χ2n) is 9.06. The van der Waals surface area contributed by atoms with Crippen LogP contribution in [0.4, 0.5) is 11.6 Å². The van der Waals surface area contributed by atoms with Crippen molar-refractivity contribution in [3.8, 4) is 6.01 Å². The molecular weight excluding hydrogens is 406 g/mol. The lowest BCUT2D eigenvalue weighted by Crippen LogP contribution is -2.23. The van der Waals surface area contributed by atoms with Crippen molar-refractivity contribution in [1.29, 1.82) is 0 Å². The van der Waals surface area contributed by atoms with Gasteiger partial charge in [0.2, 0.25) is 5.95 Å². The van der Waals surface area contributed by atoms with Gasteiger partial charge in [0.25, 0.3) is 5.56 Å². The van der Waals surface area contributed by atoms with Crippen molar-refractivity contribution in [1.82, 2.24) is 29.6 Å². The molecule has 0 saturated carbocycles. The van der Waals surface area contributed by atoms with E-state index in [-0.39, 0.29) is 11.0 Å². The lowest BCUT2D eigenvalue weighted by atomic mass is 9.94. The molecule has 9 nitrogen and oxygen atoms in total. The Morgan fingerprint density at radius 2 is 2.03 bits per heavy atom. The molecule has 0 spiro atoms. The standard InChI is InChI=1S/C23H27N7O2/c1-5-29-20(31)17-12-25-21(27-16-7-6-15-11-24-9-8-14(15)10-16)28-19(17)30(29)22-26-13-18(32-22)23(2,3)4/h6-7,10,12-13,24H,5,8-9,11H2,1-4H3,(H,25,27,28). The molecule has 1 aliphatic heterocycles. The summed E-state index contributed by atoms with van der Waals surface area (Å²) < 4.78 is 9.22. The molecule has 0 unspecified atom stereocenters. The van der Waals surface area contributed by atoms with E-state index >= 15 is 0 Å². The van der Waals surface area contributed by atoms with Crippen molar-refractivity contribution in [3.63, 3.8) is 0 Å². The Bertz CT molecular complexity index is 1360. The number of benzene rings is 1. The Labute approximate surface area is 185 Å². The van der Waals surface area contributed by atoms with Gasteiger partial charge in [0.1, 0.15) is 11.1 Å². The highest BCUT2D eigenvalue weighted by Crippen LogP contribution is 2.26. The van der Waals surface area contributed by atoms with Crippen molar-refractivity contribution < 1.29 is 4.42 Å². The van der Waals surface area contributed by atoms with Gasteiger partial charge in [-0.25, -0.2) is 9.67 Å². The van der Waals surface area contributed by atoms with Crippen LogP contribution in [0.1, 0.15) is 44.6 Å². The summed E-state index contributed by atoms with van der Waals surface area (Å²) >= 11 is 0. The molecule has 3 aromatic heterocycles. The Hall–Kier alpha value is -3.46. The molecule has 4 heterocycles. The first-order chi connectivity index (χ1) is 15.3. The van der Waals surface area contributed by atoms with Gasteiger partial charge in [-0.05, 0) is 43.1 Å². The molecular formula is C23H27N7O2. The van der Waals surface area contributed by atoms with Crippen LogP contribution >= 0.6 is 0 Å². The van der Waals surface area contributed by atoms with Gasteiger partial charge in [0, 0.05) is 30.4 Å². The van der Waals surface area contributed by atoms with Gasteiger partial charge >= 0.3 is 6.01 Å². The Morgan fingerprint density at radius 1 is 1.19 bits per heavy atom. The van der Waals surface area contributed by atoms with E-state index in [9.17, 15) is 4.79 Å². The van der Waals surface area contributed by atoms with Crippen LogP contribution in [0.5, 0.6) is 0 Å². The maximum Gasteiger partial charge on any atom is 0.323 e. The molecule has 0 radical (unpaired) electrons. The number of fused-ring (bicyclic) bond motifs is 2.